The smallest absolute Gasteiger partial charge is 0.264 e. The largest absolute Gasteiger partial charge is 0.495 e. The fourth-order valence-electron chi connectivity index (χ4n) is 4.16. The topological polar surface area (TPSA) is 88.9 Å². The van der Waals surface area contributed by atoms with Crippen LogP contribution in [0.2, 0.25) is 0 Å². The molecule has 0 saturated carbocycles. The van der Waals surface area contributed by atoms with Crippen molar-refractivity contribution in [3.8, 4) is 17.0 Å². The minimum atomic E-state index is -0.0361. The van der Waals surface area contributed by atoms with E-state index in [1.54, 1.807) is 24.1 Å². The minimum Gasteiger partial charge on any atom is -0.495 e. The monoisotopic (exact) mass is 416 g/mol. The molecule has 1 aliphatic heterocycles. The van der Waals surface area contributed by atoms with Gasteiger partial charge in [0.15, 0.2) is 0 Å². The molecule has 1 N–H and O–H groups in total. The lowest BCUT2D eigenvalue weighted by atomic mass is 10.0. The third kappa shape index (κ3) is 3.34. The summed E-state index contributed by atoms with van der Waals surface area (Å²) in [5.41, 5.74) is 5.10. The average Bonchev–Trinajstić information content (AvgIpc) is 3.18. The molecule has 8 nitrogen and oxygen atoms in total. The van der Waals surface area contributed by atoms with Gasteiger partial charge < -0.3 is 14.6 Å². The number of hydrogen-bond donors (Lipinski definition) is 1. The van der Waals surface area contributed by atoms with Gasteiger partial charge in [-0.1, -0.05) is 6.07 Å². The molecule has 4 aromatic heterocycles. The number of H-pyrrole nitrogens is 1. The van der Waals surface area contributed by atoms with Gasteiger partial charge in [-0.3, -0.25) is 14.3 Å². The first kappa shape index (κ1) is 19.3. The fourth-order valence-corrected chi connectivity index (χ4v) is 4.16. The maximum absolute atomic E-state index is 13.1. The molecule has 0 unspecified atom stereocenters. The van der Waals surface area contributed by atoms with Gasteiger partial charge in [0.1, 0.15) is 11.4 Å². The Labute approximate surface area is 179 Å². The number of nitrogens with zero attached hydrogens (tertiary/aromatic N) is 5. The van der Waals surface area contributed by atoms with E-state index in [1.807, 2.05) is 43.3 Å². The van der Waals surface area contributed by atoms with Crippen LogP contribution in [0.5, 0.6) is 5.75 Å². The van der Waals surface area contributed by atoms with Gasteiger partial charge in [0.2, 0.25) is 5.95 Å². The number of anilines is 1. The normalized spacial score (nSPS) is 13.5. The zero-order chi connectivity index (χ0) is 21.5. The van der Waals surface area contributed by atoms with Gasteiger partial charge in [0.25, 0.3) is 5.56 Å². The number of aromatic nitrogens is 5. The van der Waals surface area contributed by atoms with Crippen LogP contribution < -0.4 is 15.2 Å². The Morgan fingerprint density at radius 3 is 2.84 bits per heavy atom. The summed E-state index contributed by atoms with van der Waals surface area (Å²) >= 11 is 0. The highest BCUT2D eigenvalue weighted by Crippen LogP contribution is 2.25. The predicted octanol–water partition coefficient (Wildman–Crippen LogP) is 2.93. The van der Waals surface area contributed by atoms with Crippen LogP contribution >= 0.6 is 0 Å². The van der Waals surface area contributed by atoms with Crippen molar-refractivity contribution in [3.63, 3.8) is 0 Å². The van der Waals surface area contributed by atoms with Crippen LogP contribution in [-0.2, 0) is 13.0 Å². The van der Waals surface area contributed by atoms with Crippen LogP contribution in [0.15, 0.2) is 41.6 Å². The third-order valence-electron chi connectivity index (χ3n) is 5.92. The maximum atomic E-state index is 13.1. The second-order valence-corrected chi connectivity index (χ2v) is 7.91. The molecule has 31 heavy (non-hydrogen) atoms. The Bertz CT molecular complexity index is 1340. The van der Waals surface area contributed by atoms with Crippen molar-refractivity contribution in [2.45, 2.75) is 26.3 Å². The zero-order valence-electron chi connectivity index (χ0n) is 17.8. The van der Waals surface area contributed by atoms with E-state index in [9.17, 15) is 4.79 Å². The van der Waals surface area contributed by atoms with Gasteiger partial charge in [0.05, 0.1) is 24.6 Å². The zero-order valence-corrected chi connectivity index (χ0v) is 17.8. The van der Waals surface area contributed by atoms with Gasteiger partial charge in [-0.15, -0.1) is 0 Å². The molecular weight excluding hydrogens is 392 g/mol. The van der Waals surface area contributed by atoms with Crippen molar-refractivity contribution in [1.29, 1.82) is 0 Å². The third-order valence-corrected chi connectivity index (χ3v) is 5.92. The van der Waals surface area contributed by atoms with E-state index in [2.05, 4.69) is 15.0 Å². The number of pyridine rings is 2. The summed E-state index contributed by atoms with van der Waals surface area (Å²) in [4.78, 5) is 32.0. The molecule has 0 fully saturated rings. The van der Waals surface area contributed by atoms with Gasteiger partial charge >= 0.3 is 0 Å². The Balaban J connectivity index is 1.48. The van der Waals surface area contributed by atoms with E-state index in [0.29, 0.717) is 24.2 Å². The standard InChI is InChI=1S/C23H24N6O2/c1-14-15(9-16-11-24-21-18(16)10-17(31-3)12-25-21)5-6-20(27-14)19-13-26-23-28(2)7-4-8-29(23)22(19)30/h5-6,10-13H,4,7-9H2,1-3H3,(H,24,25). The summed E-state index contributed by atoms with van der Waals surface area (Å²) < 4.78 is 7.06. The SMILES string of the molecule is COc1cnc2[nH]cc(Cc3ccc(-c4cnc5n(c4=O)CCCN5C)nc3C)c2c1. The van der Waals surface area contributed by atoms with Crippen molar-refractivity contribution in [2.75, 3.05) is 25.6 Å². The predicted molar refractivity (Wildman–Crippen MR) is 120 cm³/mol. The first-order chi connectivity index (χ1) is 15.0. The molecule has 0 bridgehead atoms. The summed E-state index contributed by atoms with van der Waals surface area (Å²) in [5.74, 6) is 1.45. The molecule has 158 valence electrons. The molecule has 4 aromatic rings. The average molecular weight is 416 g/mol. The lowest BCUT2D eigenvalue weighted by molar-refractivity contribution is 0.413. The molecule has 0 atom stereocenters. The van der Waals surface area contributed by atoms with Gasteiger partial charge in [0, 0.05) is 50.0 Å². The highest BCUT2D eigenvalue weighted by molar-refractivity contribution is 5.81. The quantitative estimate of drug-likeness (QED) is 0.550. The van der Waals surface area contributed by atoms with Gasteiger partial charge in [-0.2, -0.15) is 0 Å². The van der Waals surface area contributed by atoms with E-state index in [-0.39, 0.29) is 5.56 Å². The van der Waals surface area contributed by atoms with Crippen LogP contribution in [0.3, 0.4) is 0 Å². The lowest BCUT2D eigenvalue weighted by Gasteiger charge is -2.27. The van der Waals surface area contributed by atoms with Gasteiger partial charge in [-0.25, -0.2) is 9.97 Å². The number of fused-ring (bicyclic) bond motifs is 2. The van der Waals surface area contributed by atoms with Gasteiger partial charge in [-0.05, 0) is 36.6 Å². The molecule has 5 rings (SSSR count). The number of aryl methyl sites for hydroxylation is 1. The molecule has 0 saturated heterocycles. The summed E-state index contributed by atoms with van der Waals surface area (Å²) in [6.45, 7) is 3.57. The summed E-state index contributed by atoms with van der Waals surface area (Å²) in [5, 5.41) is 1.03. The second kappa shape index (κ2) is 7.54. The number of aromatic amines is 1. The Hall–Kier alpha value is -3.68. The maximum Gasteiger partial charge on any atom is 0.264 e. The molecule has 0 aliphatic carbocycles. The van der Waals surface area contributed by atoms with Crippen LogP contribution in [0.25, 0.3) is 22.3 Å². The van der Waals surface area contributed by atoms with E-state index in [0.717, 1.165) is 52.5 Å². The van der Waals surface area contributed by atoms with E-state index < -0.39 is 0 Å². The summed E-state index contributed by atoms with van der Waals surface area (Å²) in [7, 11) is 3.60. The number of methoxy groups -OCH3 is 1. The number of nitrogens with one attached hydrogen (secondary N) is 1. The molecule has 0 amide bonds. The number of ether oxygens (including phenoxy) is 1. The lowest BCUT2D eigenvalue weighted by Crippen LogP contribution is -2.36. The first-order valence-electron chi connectivity index (χ1n) is 10.3. The fraction of sp³-hybridized carbons (Fsp3) is 0.304. The molecule has 0 radical (unpaired) electrons. The first-order valence-corrected chi connectivity index (χ1v) is 10.3. The van der Waals surface area contributed by atoms with Crippen molar-refractivity contribution >= 4 is 17.0 Å². The Kier molecular flexibility index (Phi) is 4.69. The molecule has 0 aromatic carbocycles. The molecule has 8 heteroatoms. The molecular formula is C23H24N6O2. The van der Waals surface area contributed by atoms with Crippen molar-refractivity contribution < 1.29 is 4.74 Å². The Morgan fingerprint density at radius 2 is 2.03 bits per heavy atom. The molecule has 1 aliphatic rings. The summed E-state index contributed by atoms with van der Waals surface area (Å²) in [6, 6.07) is 5.94. The van der Waals surface area contributed by atoms with Crippen LogP contribution in [0.1, 0.15) is 23.2 Å². The van der Waals surface area contributed by atoms with Crippen molar-refractivity contribution in [3.05, 3.63) is 64.0 Å². The van der Waals surface area contributed by atoms with Crippen molar-refractivity contribution in [1.82, 2.24) is 24.5 Å². The van der Waals surface area contributed by atoms with Crippen LogP contribution in [-0.4, -0.2) is 45.2 Å². The molecule has 5 heterocycles. The highest BCUT2D eigenvalue weighted by Gasteiger charge is 2.19. The Morgan fingerprint density at radius 1 is 1.16 bits per heavy atom. The number of hydrogen-bond acceptors (Lipinski definition) is 6. The highest BCUT2D eigenvalue weighted by atomic mass is 16.5. The molecule has 0 spiro atoms. The number of rotatable bonds is 4. The van der Waals surface area contributed by atoms with Crippen LogP contribution in [0, 0.1) is 6.92 Å². The van der Waals surface area contributed by atoms with Crippen molar-refractivity contribution in [2.24, 2.45) is 0 Å². The van der Waals surface area contributed by atoms with E-state index in [1.165, 1.54) is 0 Å². The summed E-state index contributed by atoms with van der Waals surface area (Å²) in [6.07, 6.45) is 6.97. The van der Waals surface area contributed by atoms with E-state index >= 15 is 0 Å². The second-order valence-electron chi connectivity index (χ2n) is 7.91. The van der Waals surface area contributed by atoms with E-state index in [4.69, 9.17) is 9.72 Å². The van der Waals surface area contributed by atoms with Crippen LogP contribution in [0.4, 0.5) is 5.95 Å². The minimum absolute atomic E-state index is 0.0361.